The highest BCUT2D eigenvalue weighted by Crippen LogP contribution is 2.36. The van der Waals surface area contributed by atoms with Crippen LogP contribution in [0.5, 0.6) is 0 Å². The minimum Gasteiger partial charge on any atom is -0.337 e. The molecule has 2 rings (SSSR count). The van der Waals surface area contributed by atoms with Crippen molar-refractivity contribution in [3.05, 3.63) is 41.6 Å². The molecule has 2 aromatic rings. The fourth-order valence-electron chi connectivity index (χ4n) is 2.55. The minimum absolute atomic E-state index is 0.0437. The number of benzene rings is 1. The molecule has 24 heavy (non-hydrogen) atoms. The molecule has 0 atom stereocenters. The second-order valence-corrected chi connectivity index (χ2v) is 5.50. The fourth-order valence-corrected chi connectivity index (χ4v) is 2.55. The number of amides is 1. The summed E-state index contributed by atoms with van der Waals surface area (Å²) in [5.41, 5.74) is -0.504. The summed E-state index contributed by atoms with van der Waals surface area (Å²) in [6, 6.07) is 6.58. The van der Waals surface area contributed by atoms with Crippen LogP contribution in [0, 0.1) is 0 Å². The number of halogens is 3. The standard InChI is InChI=1S/C17H20F3N3O/c1-3-9-23(10-4-2)16(24)15-11-14(21-22-15)12-7-5-6-8-13(12)17(18,19)20/h5-8,11H,3-4,9-10H2,1-2H3,(H,21,22). The molecule has 0 spiro atoms. The van der Waals surface area contributed by atoms with E-state index in [0.29, 0.717) is 13.1 Å². The molecule has 0 aliphatic rings. The highest BCUT2D eigenvalue weighted by Gasteiger charge is 2.34. The van der Waals surface area contributed by atoms with Crippen molar-refractivity contribution in [1.29, 1.82) is 0 Å². The Hall–Kier alpha value is -2.31. The Morgan fingerprint density at radius 2 is 1.79 bits per heavy atom. The van der Waals surface area contributed by atoms with Crippen molar-refractivity contribution in [3.63, 3.8) is 0 Å². The summed E-state index contributed by atoms with van der Waals surface area (Å²) in [6.07, 6.45) is -2.86. The summed E-state index contributed by atoms with van der Waals surface area (Å²) < 4.78 is 39.3. The van der Waals surface area contributed by atoms with Gasteiger partial charge < -0.3 is 4.90 Å². The largest absolute Gasteiger partial charge is 0.417 e. The first-order chi connectivity index (χ1) is 11.4. The average Bonchev–Trinajstić information content (AvgIpc) is 3.03. The zero-order valence-corrected chi connectivity index (χ0v) is 13.7. The highest BCUT2D eigenvalue weighted by atomic mass is 19.4. The van der Waals surface area contributed by atoms with E-state index in [1.807, 2.05) is 13.8 Å². The zero-order valence-electron chi connectivity index (χ0n) is 13.7. The predicted molar refractivity (Wildman–Crippen MR) is 85.5 cm³/mol. The van der Waals surface area contributed by atoms with E-state index in [-0.39, 0.29) is 22.9 Å². The van der Waals surface area contributed by atoms with Gasteiger partial charge in [0, 0.05) is 18.7 Å². The molecule has 0 aliphatic heterocycles. The molecule has 4 nitrogen and oxygen atoms in total. The van der Waals surface area contributed by atoms with Crippen LogP contribution in [0.15, 0.2) is 30.3 Å². The molecule has 1 N–H and O–H groups in total. The lowest BCUT2D eigenvalue weighted by Crippen LogP contribution is -2.32. The van der Waals surface area contributed by atoms with Crippen LogP contribution in [0.4, 0.5) is 13.2 Å². The first kappa shape index (κ1) is 18.0. The number of nitrogens with one attached hydrogen (secondary N) is 1. The van der Waals surface area contributed by atoms with Gasteiger partial charge in [0.15, 0.2) is 0 Å². The first-order valence-electron chi connectivity index (χ1n) is 7.89. The predicted octanol–water partition coefficient (Wildman–Crippen LogP) is 4.36. The Labute approximate surface area is 138 Å². The summed E-state index contributed by atoms with van der Waals surface area (Å²) in [5, 5.41) is 6.48. The number of rotatable bonds is 6. The summed E-state index contributed by atoms with van der Waals surface area (Å²) in [4.78, 5) is 14.2. The van der Waals surface area contributed by atoms with Crippen LogP contribution in [0.1, 0.15) is 42.7 Å². The van der Waals surface area contributed by atoms with Gasteiger partial charge in [-0.25, -0.2) is 0 Å². The van der Waals surface area contributed by atoms with Crippen molar-refractivity contribution in [3.8, 4) is 11.3 Å². The van der Waals surface area contributed by atoms with Crippen molar-refractivity contribution >= 4 is 5.91 Å². The number of H-pyrrole nitrogens is 1. The molecule has 0 saturated heterocycles. The molecule has 0 aliphatic carbocycles. The molecule has 1 heterocycles. The highest BCUT2D eigenvalue weighted by molar-refractivity contribution is 5.93. The number of aromatic nitrogens is 2. The van der Waals surface area contributed by atoms with Crippen molar-refractivity contribution in [2.45, 2.75) is 32.9 Å². The van der Waals surface area contributed by atoms with Gasteiger partial charge in [-0.15, -0.1) is 0 Å². The Balaban J connectivity index is 2.33. The summed E-state index contributed by atoms with van der Waals surface area (Å²) in [6.45, 7) is 5.13. The molecule has 1 aromatic heterocycles. The smallest absolute Gasteiger partial charge is 0.337 e. The summed E-state index contributed by atoms with van der Waals surface area (Å²) >= 11 is 0. The summed E-state index contributed by atoms with van der Waals surface area (Å²) in [5.74, 6) is -0.248. The topological polar surface area (TPSA) is 49.0 Å². The molecule has 0 fully saturated rings. The molecular formula is C17H20F3N3O. The van der Waals surface area contributed by atoms with Crippen molar-refractivity contribution < 1.29 is 18.0 Å². The molecule has 7 heteroatoms. The third kappa shape index (κ3) is 3.96. The first-order valence-corrected chi connectivity index (χ1v) is 7.89. The number of carbonyl (C=O) groups excluding carboxylic acids is 1. The van der Waals surface area contributed by atoms with Crippen LogP contribution in [0.2, 0.25) is 0 Å². The number of hydrogen-bond acceptors (Lipinski definition) is 2. The molecule has 0 unspecified atom stereocenters. The fraction of sp³-hybridized carbons (Fsp3) is 0.412. The third-order valence-corrected chi connectivity index (χ3v) is 3.59. The van der Waals surface area contributed by atoms with Gasteiger partial charge in [0.25, 0.3) is 5.91 Å². The number of hydrogen-bond donors (Lipinski definition) is 1. The molecule has 0 radical (unpaired) electrons. The molecular weight excluding hydrogens is 319 g/mol. The molecule has 1 aromatic carbocycles. The van der Waals surface area contributed by atoms with E-state index in [9.17, 15) is 18.0 Å². The van der Waals surface area contributed by atoms with Crippen molar-refractivity contribution in [2.75, 3.05) is 13.1 Å². The van der Waals surface area contributed by atoms with Crippen LogP contribution in [-0.2, 0) is 6.18 Å². The van der Waals surface area contributed by atoms with Crippen LogP contribution in [0.25, 0.3) is 11.3 Å². The van der Waals surface area contributed by atoms with E-state index in [1.165, 1.54) is 24.3 Å². The van der Waals surface area contributed by atoms with E-state index >= 15 is 0 Å². The van der Waals surface area contributed by atoms with Gasteiger partial charge >= 0.3 is 6.18 Å². The van der Waals surface area contributed by atoms with Gasteiger partial charge in [-0.05, 0) is 25.0 Å². The lowest BCUT2D eigenvalue weighted by molar-refractivity contribution is -0.137. The number of carbonyl (C=O) groups is 1. The maximum absolute atomic E-state index is 13.1. The van der Waals surface area contributed by atoms with Crippen LogP contribution >= 0.6 is 0 Å². The monoisotopic (exact) mass is 339 g/mol. The Morgan fingerprint density at radius 3 is 2.38 bits per heavy atom. The number of nitrogens with zero attached hydrogens (tertiary/aromatic N) is 2. The van der Waals surface area contributed by atoms with E-state index < -0.39 is 11.7 Å². The molecule has 130 valence electrons. The second-order valence-electron chi connectivity index (χ2n) is 5.50. The maximum Gasteiger partial charge on any atom is 0.417 e. The van der Waals surface area contributed by atoms with Gasteiger partial charge in [0.2, 0.25) is 0 Å². The SMILES string of the molecule is CCCN(CCC)C(=O)c1cc(-c2ccccc2C(F)(F)F)n[nH]1. The maximum atomic E-state index is 13.1. The number of alkyl halides is 3. The van der Waals surface area contributed by atoms with Crippen LogP contribution in [-0.4, -0.2) is 34.1 Å². The van der Waals surface area contributed by atoms with Gasteiger partial charge in [-0.2, -0.15) is 18.3 Å². The Kier molecular flexibility index (Phi) is 5.64. The van der Waals surface area contributed by atoms with Gasteiger partial charge in [0.05, 0.1) is 11.3 Å². The Morgan fingerprint density at radius 1 is 1.17 bits per heavy atom. The second kappa shape index (κ2) is 7.51. The average molecular weight is 339 g/mol. The van der Waals surface area contributed by atoms with Gasteiger partial charge in [-0.1, -0.05) is 32.0 Å². The van der Waals surface area contributed by atoms with E-state index in [4.69, 9.17) is 0 Å². The van der Waals surface area contributed by atoms with E-state index in [1.54, 1.807) is 4.90 Å². The lowest BCUT2D eigenvalue weighted by Gasteiger charge is -2.20. The zero-order chi connectivity index (χ0) is 17.7. The molecule has 1 amide bonds. The van der Waals surface area contributed by atoms with Crippen LogP contribution < -0.4 is 0 Å². The third-order valence-electron chi connectivity index (χ3n) is 3.59. The quantitative estimate of drug-likeness (QED) is 0.850. The van der Waals surface area contributed by atoms with Crippen molar-refractivity contribution in [1.82, 2.24) is 15.1 Å². The normalized spacial score (nSPS) is 11.5. The Bertz CT molecular complexity index is 688. The minimum atomic E-state index is -4.48. The van der Waals surface area contributed by atoms with Gasteiger partial charge in [-0.3, -0.25) is 9.89 Å². The van der Waals surface area contributed by atoms with E-state index in [0.717, 1.165) is 18.9 Å². The lowest BCUT2D eigenvalue weighted by atomic mass is 10.0. The van der Waals surface area contributed by atoms with E-state index in [2.05, 4.69) is 10.2 Å². The summed E-state index contributed by atoms with van der Waals surface area (Å²) in [7, 11) is 0. The number of aromatic amines is 1. The van der Waals surface area contributed by atoms with Crippen molar-refractivity contribution in [2.24, 2.45) is 0 Å². The molecule has 0 saturated carbocycles. The molecule has 0 bridgehead atoms. The van der Waals surface area contributed by atoms with Crippen LogP contribution in [0.3, 0.4) is 0 Å². The van der Waals surface area contributed by atoms with Gasteiger partial charge in [0.1, 0.15) is 5.69 Å².